The van der Waals surface area contributed by atoms with Gasteiger partial charge in [-0.1, -0.05) is 48.2 Å². The quantitative estimate of drug-likeness (QED) is 0.558. The van der Waals surface area contributed by atoms with E-state index < -0.39 is 6.04 Å². The molecule has 32 heavy (non-hydrogen) atoms. The zero-order chi connectivity index (χ0) is 23.1. The van der Waals surface area contributed by atoms with E-state index >= 15 is 0 Å². The summed E-state index contributed by atoms with van der Waals surface area (Å²) in [7, 11) is 1.60. The van der Waals surface area contributed by atoms with Crippen LogP contribution in [0, 0.1) is 0 Å². The topological polar surface area (TPSA) is 67.9 Å². The third-order valence-corrected chi connectivity index (χ3v) is 6.16. The number of carbonyl (C=O) groups is 2. The first kappa shape index (κ1) is 24.2. The number of carbonyl (C=O) groups excluding carboxylic acids is 2. The third kappa shape index (κ3) is 6.53. The Balaban J connectivity index is 1.72. The molecule has 0 bridgehead atoms. The summed E-state index contributed by atoms with van der Waals surface area (Å²) in [4.78, 5) is 27.6. The van der Waals surface area contributed by atoms with Crippen LogP contribution in [0.4, 0.5) is 0 Å². The molecular formula is C24H28Cl2N2O4. The summed E-state index contributed by atoms with van der Waals surface area (Å²) in [6.45, 7) is 1.75. The highest BCUT2D eigenvalue weighted by molar-refractivity contribution is 6.35. The van der Waals surface area contributed by atoms with Crippen LogP contribution in [0.2, 0.25) is 10.0 Å². The van der Waals surface area contributed by atoms with E-state index in [1.807, 2.05) is 24.3 Å². The van der Waals surface area contributed by atoms with Crippen molar-refractivity contribution in [3.8, 4) is 11.5 Å². The average molecular weight is 479 g/mol. The number of ether oxygens (including phenoxy) is 2. The number of halogens is 2. The monoisotopic (exact) mass is 478 g/mol. The zero-order valence-corrected chi connectivity index (χ0v) is 19.8. The highest BCUT2D eigenvalue weighted by Gasteiger charge is 2.28. The van der Waals surface area contributed by atoms with Crippen LogP contribution in [-0.4, -0.2) is 42.5 Å². The van der Waals surface area contributed by atoms with Gasteiger partial charge in [0.15, 0.2) is 6.61 Å². The van der Waals surface area contributed by atoms with Crippen LogP contribution in [-0.2, 0) is 16.1 Å². The molecular weight excluding hydrogens is 451 g/mol. The van der Waals surface area contributed by atoms with Crippen molar-refractivity contribution in [2.45, 2.75) is 51.2 Å². The summed E-state index contributed by atoms with van der Waals surface area (Å²) in [6.07, 6.45) is 4.18. The van der Waals surface area contributed by atoms with Crippen molar-refractivity contribution in [2.75, 3.05) is 13.7 Å². The van der Waals surface area contributed by atoms with Crippen LogP contribution in [0.1, 0.15) is 38.2 Å². The number of benzene rings is 2. The maximum absolute atomic E-state index is 13.1. The summed E-state index contributed by atoms with van der Waals surface area (Å²) >= 11 is 12.1. The molecule has 0 saturated heterocycles. The van der Waals surface area contributed by atoms with E-state index in [9.17, 15) is 9.59 Å². The molecule has 1 saturated carbocycles. The maximum atomic E-state index is 13.1. The first-order valence-electron chi connectivity index (χ1n) is 10.7. The van der Waals surface area contributed by atoms with Crippen molar-refractivity contribution in [3.63, 3.8) is 0 Å². The van der Waals surface area contributed by atoms with E-state index in [1.165, 1.54) is 4.90 Å². The molecule has 0 unspecified atom stereocenters. The van der Waals surface area contributed by atoms with Crippen LogP contribution in [0.3, 0.4) is 0 Å². The van der Waals surface area contributed by atoms with Crippen molar-refractivity contribution in [1.29, 1.82) is 0 Å². The minimum absolute atomic E-state index is 0.164. The smallest absolute Gasteiger partial charge is 0.261 e. The van der Waals surface area contributed by atoms with Crippen LogP contribution < -0.4 is 14.8 Å². The van der Waals surface area contributed by atoms with Gasteiger partial charge >= 0.3 is 0 Å². The number of rotatable bonds is 9. The Morgan fingerprint density at radius 3 is 2.44 bits per heavy atom. The second kappa shape index (κ2) is 11.4. The number of nitrogens with one attached hydrogen (secondary N) is 1. The molecule has 1 aliphatic rings. The van der Waals surface area contributed by atoms with Gasteiger partial charge in [-0.2, -0.15) is 0 Å². The fourth-order valence-electron chi connectivity index (χ4n) is 3.72. The molecule has 0 heterocycles. The Labute approximate surface area is 198 Å². The van der Waals surface area contributed by atoms with Crippen LogP contribution in [0.15, 0.2) is 42.5 Å². The average Bonchev–Trinajstić information content (AvgIpc) is 3.29. The lowest BCUT2D eigenvalue weighted by Crippen LogP contribution is -2.50. The predicted octanol–water partition coefficient (Wildman–Crippen LogP) is 4.86. The Bertz CT molecular complexity index is 930. The van der Waals surface area contributed by atoms with Gasteiger partial charge in [-0.3, -0.25) is 9.59 Å². The van der Waals surface area contributed by atoms with Crippen molar-refractivity contribution in [1.82, 2.24) is 10.2 Å². The van der Waals surface area contributed by atoms with Gasteiger partial charge in [0.05, 0.1) is 12.1 Å². The lowest BCUT2D eigenvalue weighted by atomic mass is 10.1. The Morgan fingerprint density at radius 2 is 1.81 bits per heavy atom. The number of hydrogen-bond donors (Lipinski definition) is 1. The fourth-order valence-corrected chi connectivity index (χ4v) is 4.18. The van der Waals surface area contributed by atoms with Gasteiger partial charge in [0.1, 0.15) is 17.5 Å². The van der Waals surface area contributed by atoms with Crippen LogP contribution in [0.25, 0.3) is 0 Å². The van der Waals surface area contributed by atoms with Gasteiger partial charge in [-0.25, -0.2) is 0 Å². The first-order chi connectivity index (χ1) is 15.4. The molecule has 6 nitrogen and oxygen atoms in total. The molecule has 1 aliphatic carbocycles. The number of nitrogens with zero attached hydrogens (tertiary/aromatic N) is 1. The van der Waals surface area contributed by atoms with E-state index in [0.717, 1.165) is 37.0 Å². The van der Waals surface area contributed by atoms with Gasteiger partial charge in [0.2, 0.25) is 5.91 Å². The van der Waals surface area contributed by atoms with Crippen molar-refractivity contribution in [2.24, 2.45) is 0 Å². The zero-order valence-electron chi connectivity index (χ0n) is 18.3. The van der Waals surface area contributed by atoms with E-state index in [1.54, 1.807) is 32.2 Å². The molecule has 0 aromatic heterocycles. The summed E-state index contributed by atoms with van der Waals surface area (Å²) in [6, 6.07) is 11.7. The molecule has 1 N–H and O–H groups in total. The van der Waals surface area contributed by atoms with Crippen molar-refractivity contribution >= 4 is 35.0 Å². The summed E-state index contributed by atoms with van der Waals surface area (Å²) in [5.41, 5.74) is 0.879. The summed E-state index contributed by atoms with van der Waals surface area (Å²) in [5, 5.41) is 3.87. The molecule has 0 aliphatic heterocycles. The fraction of sp³-hybridized carbons (Fsp3) is 0.417. The van der Waals surface area contributed by atoms with E-state index in [2.05, 4.69) is 5.32 Å². The van der Waals surface area contributed by atoms with Crippen LogP contribution in [0.5, 0.6) is 11.5 Å². The minimum Gasteiger partial charge on any atom is -0.497 e. The molecule has 2 aromatic carbocycles. The SMILES string of the molecule is COc1ccc(CN(C(=O)COc2ccc(Cl)cc2Cl)[C@@H](C)C(=O)NC2CCCC2)cc1. The largest absolute Gasteiger partial charge is 0.497 e. The van der Waals surface area contributed by atoms with Gasteiger partial charge in [0, 0.05) is 17.6 Å². The normalized spacial score (nSPS) is 14.6. The molecule has 1 fully saturated rings. The molecule has 3 rings (SSSR count). The second-order valence-electron chi connectivity index (χ2n) is 7.90. The van der Waals surface area contributed by atoms with Gasteiger partial charge in [-0.05, 0) is 55.7 Å². The predicted molar refractivity (Wildman–Crippen MR) is 125 cm³/mol. The first-order valence-corrected chi connectivity index (χ1v) is 11.4. The van der Waals surface area contributed by atoms with Crippen molar-refractivity contribution < 1.29 is 19.1 Å². The van der Waals surface area contributed by atoms with Gasteiger partial charge in [-0.15, -0.1) is 0 Å². The van der Waals surface area contributed by atoms with E-state index in [-0.39, 0.29) is 31.0 Å². The Morgan fingerprint density at radius 1 is 1.12 bits per heavy atom. The molecule has 2 aromatic rings. The molecule has 1 atom stereocenters. The lowest BCUT2D eigenvalue weighted by molar-refractivity contribution is -0.142. The highest BCUT2D eigenvalue weighted by Crippen LogP contribution is 2.27. The van der Waals surface area contributed by atoms with E-state index in [0.29, 0.717) is 15.8 Å². The lowest BCUT2D eigenvalue weighted by Gasteiger charge is -2.29. The molecule has 0 radical (unpaired) electrons. The number of amides is 2. The number of methoxy groups -OCH3 is 1. The van der Waals surface area contributed by atoms with E-state index in [4.69, 9.17) is 32.7 Å². The van der Waals surface area contributed by atoms with Crippen molar-refractivity contribution in [3.05, 3.63) is 58.1 Å². The molecule has 0 spiro atoms. The van der Waals surface area contributed by atoms with Crippen LogP contribution >= 0.6 is 23.2 Å². The maximum Gasteiger partial charge on any atom is 0.261 e. The molecule has 2 amide bonds. The standard InChI is InChI=1S/C24H28Cl2N2O4/c1-16(24(30)27-19-5-3-4-6-19)28(14-17-7-10-20(31-2)11-8-17)23(29)15-32-22-12-9-18(25)13-21(22)26/h7-13,16,19H,3-6,14-15H2,1-2H3,(H,27,30)/t16-/m0/s1. The summed E-state index contributed by atoms with van der Waals surface area (Å²) in [5.74, 6) is 0.598. The Hall–Kier alpha value is -2.44. The van der Waals surface area contributed by atoms with Gasteiger partial charge in [0.25, 0.3) is 5.91 Å². The summed E-state index contributed by atoms with van der Waals surface area (Å²) < 4.78 is 10.8. The highest BCUT2D eigenvalue weighted by atomic mass is 35.5. The van der Waals surface area contributed by atoms with Gasteiger partial charge < -0.3 is 19.7 Å². The third-order valence-electron chi connectivity index (χ3n) is 5.63. The minimum atomic E-state index is -0.658. The molecule has 172 valence electrons. The Kier molecular flexibility index (Phi) is 8.65. The number of hydrogen-bond acceptors (Lipinski definition) is 4. The second-order valence-corrected chi connectivity index (χ2v) is 8.74. The molecule has 8 heteroatoms.